The van der Waals surface area contributed by atoms with Crippen LogP contribution in [0.25, 0.3) is 10.5 Å². The zero-order chi connectivity index (χ0) is 38.2. The maximum absolute atomic E-state index is 13.9. The number of aryl methyl sites for hydroxylation is 1. The number of anilines is 1. The van der Waals surface area contributed by atoms with Crippen molar-refractivity contribution >= 4 is 113 Å². The van der Waals surface area contributed by atoms with Gasteiger partial charge in [-0.2, -0.15) is 0 Å². The number of nitrogens with zero attached hydrogens (tertiary/aromatic N) is 4. The fraction of sp³-hybridized carbons (Fsp3) is 0.300. The number of thiazole rings is 2. The molecule has 0 radical (unpaired) electrons. The molecule has 5 rings (SSSR count). The van der Waals surface area contributed by atoms with Gasteiger partial charge in [-0.25, -0.2) is 8.42 Å². The molecule has 26 heteroatoms. The Kier molecular flexibility index (Phi) is 20.1. The summed E-state index contributed by atoms with van der Waals surface area (Å²) in [4.78, 5) is 78.8. The Hall–Kier alpha value is -1.67. The number of fused-ring (bicyclic) bond motifs is 1. The number of allylic oxidation sites excluding steroid dienone is 1. The minimum atomic E-state index is -4.49. The number of carbonyl (C=O) groups excluding carboxylic acids is 4. The second kappa shape index (κ2) is 21.5. The van der Waals surface area contributed by atoms with Gasteiger partial charge in [0.2, 0.25) is 0 Å². The van der Waals surface area contributed by atoms with Crippen molar-refractivity contribution in [2.45, 2.75) is 44.7 Å². The summed E-state index contributed by atoms with van der Waals surface area (Å²) in [5, 5.41) is 35.4. The van der Waals surface area contributed by atoms with Crippen LogP contribution >= 0.6 is 58.4 Å². The van der Waals surface area contributed by atoms with Crippen LogP contribution in [0.4, 0.5) is 5.69 Å². The topological polar surface area (TPSA) is 245 Å². The monoisotopic (exact) mass is 852 g/mol. The number of hydrogen-bond acceptors (Lipinski definition) is 18. The third kappa shape index (κ3) is 11.7. The molecule has 1 aromatic carbocycles. The number of thiocarbonyl (C=S) groups is 1. The summed E-state index contributed by atoms with van der Waals surface area (Å²) in [7, 11) is -4.49. The number of rotatable bonds is 12. The van der Waals surface area contributed by atoms with Crippen LogP contribution in [0.1, 0.15) is 25.3 Å². The molecule has 2 aromatic heterocycles. The van der Waals surface area contributed by atoms with Crippen LogP contribution in [0.5, 0.6) is 0 Å². The molecule has 16 nitrogen and oxygen atoms in total. The molecule has 3 aromatic rings. The predicted molar refractivity (Wildman–Crippen MR) is 190 cm³/mol. The van der Waals surface area contributed by atoms with Gasteiger partial charge in [0.15, 0.2) is 0 Å². The standard InChI is InChI=1S/C30H28N4O12S6.4Li/c1-3-15(10-18-31(7-4-8-52(44,45)46)16-9-14(2)5-6-17(16)48-18)22-25(41)32(11-19(35)36)28(49-22)23-26(42)33(12-20(37)38)29(50-23)24-27(43)34(13-21(39)40)30(47)51-24;;;;/h5-6,9-10H,3-4,7-8,11-13H2,1-2H3,(H,35,36)(H,37,38)(H,39,40)(H,44,45,46);;;;/q;4*+1/p-4/b18-10-,22-15+,28-23+,29-24+;;;;. The SMILES string of the molecule is CCC(/C=C1\Sc2ccc(C)cc2N1CCCS(=O)(=O)[O-])=c1\s/c(=c2/s/c(=C3/SC(=S)N(CC(=O)[O-])C3=O)n(CC(=O)[O-])c2=O)n(CC(=O)[O-])c1=O.[Li+].[Li+].[Li+].[Li+]. The number of amides is 1. The summed E-state index contributed by atoms with van der Waals surface area (Å²) in [6, 6.07) is 5.64. The Morgan fingerprint density at radius 2 is 1.43 bits per heavy atom. The molecular formula is C30H24Li4N4O12S6. The zero-order valence-corrected chi connectivity index (χ0v) is 35.8. The molecule has 276 valence electrons. The van der Waals surface area contributed by atoms with E-state index in [-0.39, 0.29) is 122 Å². The molecule has 0 spiro atoms. The second-order valence-electron chi connectivity index (χ2n) is 11.2. The van der Waals surface area contributed by atoms with Crippen LogP contribution in [-0.4, -0.2) is 74.0 Å². The van der Waals surface area contributed by atoms with Crippen LogP contribution in [-0.2, 0) is 42.4 Å². The molecule has 0 aliphatic carbocycles. The minimum absolute atomic E-state index is 0. The smallest absolute Gasteiger partial charge is 0.748 e. The molecule has 0 bridgehead atoms. The number of carboxylic acids is 3. The molecule has 0 atom stereocenters. The summed E-state index contributed by atoms with van der Waals surface area (Å²) in [6.07, 6.45) is 1.91. The molecular weight excluding hydrogens is 829 g/mol. The number of carboxylic acid groups (broad SMARTS) is 3. The third-order valence-electron chi connectivity index (χ3n) is 7.50. The van der Waals surface area contributed by atoms with Crippen LogP contribution < -0.4 is 116 Å². The van der Waals surface area contributed by atoms with Crippen molar-refractivity contribution in [3.63, 3.8) is 0 Å². The number of aliphatic carboxylic acids is 3. The predicted octanol–water partition coefficient (Wildman–Crippen LogP) is -15.1. The molecule has 0 unspecified atom stereocenters. The first-order chi connectivity index (χ1) is 24.4. The number of hydrogen-bond donors (Lipinski definition) is 0. The van der Waals surface area contributed by atoms with E-state index in [0.717, 1.165) is 32.1 Å². The summed E-state index contributed by atoms with van der Waals surface area (Å²) >= 11 is 8.40. The summed E-state index contributed by atoms with van der Waals surface area (Å²) in [5.41, 5.74) is 0.276. The molecule has 2 aliphatic heterocycles. The summed E-state index contributed by atoms with van der Waals surface area (Å²) in [6.45, 7) is 0.813. The van der Waals surface area contributed by atoms with Crippen molar-refractivity contribution in [1.29, 1.82) is 0 Å². The average molecular weight is 853 g/mol. The number of thioether (sulfide) groups is 2. The van der Waals surface area contributed by atoms with Gasteiger partial charge in [0.25, 0.3) is 17.0 Å². The average Bonchev–Trinajstić information content (AvgIpc) is 3.73. The van der Waals surface area contributed by atoms with Gasteiger partial charge >= 0.3 is 75.4 Å². The summed E-state index contributed by atoms with van der Waals surface area (Å²) in [5.74, 6) is -6.55. The van der Waals surface area contributed by atoms with E-state index in [1.54, 1.807) is 13.0 Å². The quantitative estimate of drug-likeness (QED) is 0.0933. The minimum Gasteiger partial charge on any atom is -0.748 e. The van der Waals surface area contributed by atoms with Gasteiger partial charge in [0, 0.05) is 17.2 Å². The molecule has 0 saturated carbocycles. The van der Waals surface area contributed by atoms with Crippen molar-refractivity contribution in [3.8, 4) is 0 Å². The maximum Gasteiger partial charge on any atom is 1.00 e. The molecule has 0 N–H and O–H groups in total. The Labute approximate surface area is 388 Å². The van der Waals surface area contributed by atoms with Gasteiger partial charge in [0.05, 0.1) is 62.9 Å². The largest absolute Gasteiger partial charge is 1.00 e. The van der Waals surface area contributed by atoms with E-state index in [2.05, 4.69) is 0 Å². The van der Waals surface area contributed by atoms with E-state index in [1.807, 2.05) is 30.0 Å². The molecule has 1 saturated heterocycles. The van der Waals surface area contributed by atoms with Gasteiger partial charge in [-0.1, -0.05) is 48.7 Å². The van der Waals surface area contributed by atoms with Gasteiger partial charge < -0.3 is 39.2 Å². The van der Waals surface area contributed by atoms with Crippen LogP contribution in [0.3, 0.4) is 0 Å². The first-order valence-corrected chi connectivity index (χ1v) is 20.2. The van der Waals surface area contributed by atoms with E-state index in [1.165, 1.54) is 11.8 Å². The Morgan fingerprint density at radius 3 is 1.98 bits per heavy atom. The first kappa shape index (κ1) is 52.3. The molecule has 56 heavy (non-hydrogen) atoms. The Bertz CT molecular complexity index is 2570. The molecule has 1 amide bonds. The Morgan fingerprint density at radius 1 is 0.839 bits per heavy atom. The van der Waals surface area contributed by atoms with Crippen molar-refractivity contribution in [1.82, 2.24) is 14.0 Å². The maximum atomic E-state index is 13.9. The van der Waals surface area contributed by atoms with Gasteiger partial charge in [-0.05, 0) is 49.1 Å². The van der Waals surface area contributed by atoms with Crippen LogP contribution in [0.2, 0.25) is 0 Å². The van der Waals surface area contributed by atoms with E-state index in [0.29, 0.717) is 43.2 Å². The molecule has 2 aliphatic rings. The van der Waals surface area contributed by atoms with Crippen molar-refractivity contribution < 1.29 is 123 Å². The van der Waals surface area contributed by atoms with Gasteiger partial charge in [-0.15, -0.1) is 22.7 Å². The third-order valence-corrected chi connectivity index (χ3v) is 13.5. The fourth-order valence-corrected chi connectivity index (χ4v) is 10.8. The number of carbonyl (C=O) groups is 4. The van der Waals surface area contributed by atoms with Gasteiger partial charge in [0.1, 0.15) is 23.1 Å². The van der Waals surface area contributed by atoms with E-state index in [9.17, 15) is 57.1 Å². The fourth-order valence-electron chi connectivity index (χ4n) is 5.26. The van der Waals surface area contributed by atoms with E-state index >= 15 is 0 Å². The van der Waals surface area contributed by atoms with E-state index in [4.69, 9.17) is 12.2 Å². The van der Waals surface area contributed by atoms with Gasteiger partial charge in [-0.3, -0.25) is 28.4 Å². The van der Waals surface area contributed by atoms with E-state index < -0.39 is 70.4 Å². The zero-order valence-electron chi connectivity index (χ0n) is 30.9. The van der Waals surface area contributed by atoms with Crippen molar-refractivity contribution in [3.05, 3.63) is 74.0 Å². The molecule has 1 fully saturated rings. The number of benzene rings is 1. The molecule has 4 heterocycles. The number of aromatic nitrogens is 2. The second-order valence-corrected chi connectivity index (χ2v) is 17.4. The Balaban J connectivity index is 0.00000392. The normalized spacial score (nSPS) is 16.4. The summed E-state index contributed by atoms with van der Waals surface area (Å²) < 4.78 is 34.6. The van der Waals surface area contributed by atoms with Crippen molar-refractivity contribution in [2.24, 2.45) is 0 Å². The van der Waals surface area contributed by atoms with Crippen molar-refractivity contribution in [2.75, 3.05) is 23.7 Å². The van der Waals surface area contributed by atoms with Crippen LogP contribution in [0, 0.1) is 16.1 Å². The first-order valence-electron chi connectivity index (χ1n) is 15.0. The van der Waals surface area contributed by atoms with Crippen LogP contribution in [0.15, 0.2) is 43.8 Å².